The lowest BCUT2D eigenvalue weighted by molar-refractivity contribution is -0.152. The lowest BCUT2D eigenvalue weighted by Gasteiger charge is -2.38. The maximum atomic E-state index is 13.1. The Balaban J connectivity index is 1.75. The predicted molar refractivity (Wildman–Crippen MR) is 101 cm³/mol. The number of carbonyl (C=O) groups excluding carboxylic acids is 2. The van der Waals surface area contributed by atoms with Crippen molar-refractivity contribution < 1.29 is 23.8 Å². The third kappa shape index (κ3) is 4.21. The standard InChI is InChI=1S/C20H26N2O5/c1-5-18(23)21(4)15-8-6-14(7-9-15)19(24)22-10-11-25-12-16(22)17-13-26-20(2,3)27-17/h5-9,16-17H,1,10-13H2,2-4H3/t16-,17+/m1/s1. The molecule has 0 aromatic heterocycles. The maximum Gasteiger partial charge on any atom is 0.254 e. The summed E-state index contributed by atoms with van der Waals surface area (Å²) in [6.45, 7) is 9.06. The van der Waals surface area contributed by atoms with Crippen molar-refractivity contribution in [3.63, 3.8) is 0 Å². The summed E-state index contributed by atoms with van der Waals surface area (Å²) in [6.07, 6.45) is 1.03. The van der Waals surface area contributed by atoms with Gasteiger partial charge in [-0.1, -0.05) is 6.58 Å². The zero-order chi connectivity index (χ0) is 19.6. The molecule has 0 bridgehead atoms. The number of benzene rings is 1. The van der Waals surface area contributed by atoms with E-state index >= 15 is 0 Å². The van der Waals surface area contributed by atoms with Crippen molar-refractivity contribution >= 4 is 17.5 Å². The smallest absolute Gasteiger partial charge is 0.254 e. The van der Waals surface area contributed by atoms with Gasteiger partial charge in [-0.2, -0.15) is 0 Å². The Kier molecular flexibility index (Phi) is 5.64. The van der Waals surface area contributed by atoms with Crippen molar-refractivity contribution in [3.05, 3.63) is 42.5 Å². The van der Waals surface area contributed by atoms with Crippen molar-refractivity contribution in [2.45, 2.75) is 31.8 Å². The Labute approximate surface area is 159 Å². The fourth-order valence-electron chi connectivity index (χ4n) is 3.35. The molecule has 3 rings (SSSR count). The fourth-order valence-corrected chi connectivity index (χ4v) is 3.35. The first-order valence-corrected chi connectivity index (χ1v) is 9.03. The Morgan fingerprint density at radius 1 is 1.26 bits per heavy atom. The van der Waals surface area contributed by atoms with Gasteiger partial charge in [-0.15, -0.1) is 0 Å². The zero-order valence-electron chi connectivity index (χ0n) is 16.0. The summed E-state index contributed by atoms with van der Waals surface area (Å²) in [6, 6.07) is 6.77. The van der Waals surface area contributed by atoms with E-state index in [2.05, 4.69) is 6.58 Å². The summed E-state index contributed by atoms with van der Waals surface area (Å²) in [5.74, 6) is -0.940. The number of morpholine rings is 1. The van der Waals surface area contributed by atoms with Crippen LogP contribution in [0.25, 0.3) is 0 Å². The molecule has 1 aromatic carbocycles. The van der Waals surface area contributed by atoms with Crippen LogP contribution in [-0.4, -0.2) is 68.1 Å². The molecule has 2 saturated heterocycles. The summed E-state index contributed by atoms with van der Waals surface area (Å²) < 4.78 is 17.2. The average molecular weight is 374 g/mol. The first-order valence-electron chi connectivity index (χ1n) is 9.03. The lowest BCUT2D eigenvalue weighted by atomic mass is 10.1. The number of amides is 2. The molecule has 0 spiro atoms. The summed E-state index contributed by atoms with van der Waals surface area (Å²) in [7, 11) is 1.66. The molecule has 7 nitrogen and oxygen atoms in total. The molecular weight excluding hydrogens is 348 g/mol. The number of nitrogens with zero attached hydrogens (tertiary/aromatic N) is 2. The molecule has 2 aliphatic heterocycles. The molecule has 0 radical (unpaired) electrons. The molecule has 2 amide bonds. The van der Waals surface area contributed by atoms with E-state index < -0.39 is 5.79 Å². The van der Waals surface area contributed by atoms with E-state index in [0.717, 1.165) is 0 Å². The van der Waals surface area contributed by atoms with Crippen molar-refractivity contribution in [1.82, 2.24) is 4.90 Å². The zero-order valence-corrected chi connectivity index (χ0v) is 16.0. The van der Waals surface area contributed by atoms with Crippen molar-refractivity contribution in [2.24, 2.45) is 0 Å². The molecule has 146 valence electrons. The Morgan fingerprint density at radius 2 is 1.96 bits per heavy atom. The van der Waals surface area contributed by atoms with E-state index in [1.165, 1.54) is 11.0 Å². The highest BCUT2D eigenvalue weighted by Gasteiger charge is 2.42. The van der Waals surface area contributed by atoms with Gasteiger partial charge in [-0.05, 0) is 44.2 Å². The van der Waals surface area contributed by atoms with Crippen LogP contribution in [0.1, 0.15) is 24.2 Å². The van der Waals surface area contributed by atoms with Crippen LogP contribution in [0.4, 0.5) is 5.69 Å². The van der Waals surface area contributed by atoms with Gasteiger partial charge in [0, 0.05) is 24.8 Å². The lowest BCUT2D eigenvalue weighted by Crippen LogP contribution is -2.55. The topological polar surface area (TPSA) is 68.3 Å². The second kappa shape index (κ2) is 7.80. The highest BCUT2D eigenvalue weighted by atomic mass is 16.7. The van der Waals surface area contributed by atoms with E-state index in [9.17, 15) is 9.59 Å². The highest BCUT2D eigenvalue weighted by Crippen LogP contribution is 2.28. The van der Waals surface area contributed by atoms with Gasteiger partial charge in [-0.25, -0.2) is 0 Å². The molecule has 0 N–H and O–H groups in total. The number of rotatable bonds is 4. The quantitative estimate of drug-likeness (QED) is 0.752. The third-order valence-electron chi connectivity index (χ3n) is 4.89. The molecule has 0 saturated carbocycles. The van der Waals surface area contributed by atoms with Crippen LogP contribution in [-0.2, 0) is 19.0 Å². The van der Waals surface area contributed by atoms with Crippen molar-refractivity contribution in [1.29, 1.82) is 0 Å². The van der Waals surface area contributed by atoms with Gasteiger partial charge in [0.2, 0.25) is 5.91 Å². The minimum absolute atomic E-state index is 0.0825. The molecule has 0 unspecified atom stereocenters. The Hall–Kier alpha value is -2.22. The summed E-state index contributed by atoms with van der Waals surface area (Å²) in [5.41, 5.74) is 1.26. The summed E-state index contributed by atoms with van der Waals surface area (Å²) in [4.78, 5) is 28.1. The van der Waals surface area contributed by atoms with Crippen LogP contribution in [0.5, 0.6) is 0 Å². The number of anilines is 1. The maximum absolute atomic E-state index is 13.1. The van der Waals surface area contributed by atoms with E-state index in [1.807, 2.05) is 13.8 Å². The largest absolute Gasteiger partial charge is 0.377 e. The van der Waals surface area contributed by atoms with Crippen LogP contribution < -0.4 is 4.90 Å². The fraction of sp³-hybridized carbons (Fsp3) is 0.500. The summed E-state index contributed by atoms with van der Waals surface area (Å²) in [5, 5.41) is 0. The third-order valence-corrected chi connectivity index (χ3v) is 4.89. The van der Waals surface area contributed by atoms with Crippen LogP contribution in [0.3, 0.4) is 0 Å². The second-order valence-corrected chi connectivity index (χ2v) is 7.16. The Morgan fingerprint density at radius 3 is 2.56 bits per heavy atom. The minimum atomic E-state index is -0.652. The molecule has 2 fully saturated rings. The first-order chi connectivity index (χ1) is 12.8. The second-order valence-electron chi connectivity index (χ2n) is 7.16. The van der Waals surface area contributed by atoms with Gasteiger partial charge in [0.25, 0.3) is 5.91 Å². The SMILES string of the molecule is C=CC(=O)N(C)c1ccc(C(=O)N2CCOC[C@@H]2[C@@H]2COC(C)(C)O2)cc1. The van der Waals surface area contributed by atoms with E-state index in [1.54, 1.807) is 36.2 Å². The van der Waals surface area contributed by atoms with Crippen LogP contribution in [0.2, 0.25) is 0 Å². The monoisotopic (exact) mass is 374 g/mol. The van der Waals surface area contributed by atoms with E-state index in [-0.39, 0.29) is 24.0 Å². The van der Waals surface area contributed by atoms with E-state index in [0.29, 0.717) is 37.6 Å². The van der Waals surface area contributed by atoms with Gasteiger partial charge in [0.15, 0.2) is 5.79 Å². The molecule has 7 heteroatoms. The molecule has 2 heterocycles. The minimum Gasteiger partial charge on any atom is -0.377 e. The van der Waals surface area contributed by atoms with Gasteiger partial charge in [-0.3, -0.25) is 9.59 Å². The van der Waals surface area contributed by atoms with Gasteiger partial charge < -0.3 is 24.0 Å². The number of hydrogen-bond donors (Lipinski definition) is 0. The predicted octanol–water partition coefficient (Wildman–Crippen LogP) is 1.83. The number of hydrogen-bond acceptors (Lipinski definition) is 5. The molecule has 2 aliphatic rings. The number of ether oxygens (including phenoxy) is 3. The molecule has 2 atom stereocenters. The van der Waals surface area contributed by atoms with Gasteiger partial charge in [0.05, 0.1) is 25.9 Å². The van der Waals surface area contributed by atoms with Crippen molar-refractivity contribution in [3.8, 4) is 0 Å². The molecule has 27 heavy (non-hydrogen) atoms. The average Bonchev–Trinajstić information content (AvgIpc) is 3.06. The van der Waals surface area contributed by atoms with Crippen LogP contribution in [0, 0.1) is 0 Å². The Bertz CT molecular complexity index is 716. The number of likely N-dealkylation sites (N-methyl/N-ethyl adjacent to an activating group) is 1. The number of carbonyl (C=O) groups is 2. The molecule has 1 aromatic rings. The highest BCUT2D eigenvalue weighted by molar-refractivity contribution is 6.01. The van der Waals surface area contributed by atoms with Gasteiger partial charge >= 0.3 is 0 Å². The first kappa shape index (κ1) is 19.5. The van der Waals surface area contributed by atoms with E-state index in [4.69, 9.17) is 14.2 Å². The molecular formula is C20H26N2O5. The van der Waals surface area contributed by atoms with Crippen LogP contribution in [0.15, 0.2) is 36.9 Å². The molecule has 0 aliphatic carbocycles. The van der Waals surface area contributed by atoms with Gasteiger partial charge in [0.1, 0.15) is 6.10 Å². The van der Waals surface area contributed by atoms with Crippen LogP contribution >= 0.6 is 0 Å². The van der Waals surface area contributed by atoms with Crippen molar-refractivity contribution in [2.75, 3.05) is 38.3 Å². The normalized spacial score (nSPS) is 24.5. The summed E-state index contributed by atoms with van der Waals surface area (Å²) >= 11 is 0.